The van der Waals surface area contributed by atoms with Gasteiger partial charge in [-0.3, -0.25) is 4.72 Å². The molecule has 0 radical (unpaired) electrons. The number of anilines is 3. The number of benzene rings is 3. The van der Waals surface area contributed by atoms with Gasteiger partial charge in [0.1, 0.15) is 5.75 Å². The number of hydrogen-bond donors (Lipinski definition) is 2. The van der Waals surface area contributed by atoms with Crippen molar-refractivity contribution in [2.75, 3.05) is 17.1 Å². The maximum Gasteiger partial charge on any atom is 0.263 e. The van der Waals surface area contributed by atoms with E-state index in [4.69, 9.17) is 21.3 Å². The summed E-state index contributed by atoms with van der Waals surface area (Å²) in [4.78, 5) is 8.83. The third-order valence-electron chi connectivity index (χ3n) is 5.03. The first-order valence-corrected chi connectivity index (χ1v) is 12.5. The lowest BCUT2D eigenvalue weighted by atomic mass is 10.1. The zero-order valence-electron chi connectivity index (χ0n) is 17.2. The summed E-state index contributed by atoms with van der Waals surface area (Å²) in [6.45, 7) is 0. The molecule has 10 heteroatoms. The van der Waals surface area contributed by atoms with Crippen molar-refractivity contribution in [3.63, 3.8) is 0 Å². The molecule has 33 heavy (non-hydrogen) atoms. The van der Waals surface area contributed by atoms with Crippen molar-refractivity contribution in [2.24, 2.45) is 0 Å². The summed E-state index contributed by atoms with van der Waals surface area (Å²) in [6.07, 6.45) is 1.54. The van der Waals surface area contributed by atoms with Crippen LogP contribution in [-0.2, 0) is 10.0 Å². The molecule has 0 aliphatic carbocycles. The smallest absolute Gasteiger partial charge is 0.263 e. The van der Waals surface area contributed by atoms with Gasteiger partial charge >= 0.3 is 0 Å². The highest BCUT2D eigenvalue weighted by atomic mass is 35.5. The van der Waals surface area contributed by atoms with Crippen molar-refractivity contribution in [3.8, 4) is 5.75 Å². The van der Waals surface area contributed by atoms with E-state index in [1.807, 2.05) is 36.4 Å². The number of sulfonamides is 1. The first-order chi connectivity index (χ1) is 15.9. The highest BCUT2D eigenvalue weighted by molar-refractivity contribution is 7.93. The molecule has 0 spiro atoms. The highest BCUT2D eigenvalue weighted by Crippen LogP contribution is 2.36. The number of aromatic nitrogens is 2. The predicted octanol–water partition coefficient (Wildman–Crippen LogP) is 6.05. The lowest BCUT2D eigenvalue weighted by Crippen LogP contribution is -2.12. The molecule has 0 bridgehead atoms. The van der Waals surface area contributed by atoms with Crippen LogP contribution in [0.3, 0.4) is 0 Å². The Morgan fingerprint density at radius 1 is 0.970 bits per heavy atom. The summed E-state index contributed by atoms with van der Waals surface area (Å²) >= 11 is 7.41. The Morgan fingerprint density at radius 2 is 1.79 bits per heavy atom. The minimum atomic E-state index is -3.73. The molecule has 5 rings (SSSR count). The molecular weight excluding hydrogens is 480 g/mol. The molecule has 0 aliphatic heterocycles. The van der Waals surface area contributed by atoms with E-state index in [0.717, 1.165) is 33.2 Å². The molecule has 166 valence electrons. The standard InChI is InChI=1S/C23H17ClN4O3S2/c1-31-16-5-9-20-19(13-16)22(18-8-2-14(24)12-21(18)27-20)26-15-3-6-17(7-4-15)33(29,30)28-23-25-10-11-32-23/h2-13H,1H3,(H,25,28)(H,26,27). The SMILES string of the molecule is COc1ccc2nc3cc(Cl)ccc3c(Nc3ccc(S(=O)(=O)Nc4nccs4)cc3)c2c1. The Hall–Kier alpha value is -3.40. The van der Waals surface area contributed by atoms with Crippen molar-refractivity contribution in [2.45, 2.75) is 4.90 Å². The fourth-order valence-corrected chi connectivity index (χ4v) is 5.42. The Bertz CT molecular complexity index is 1570. The Kier molecular flexibility index (Phi) is 5.53. The summed E-state index contributed by atoms with van der Waals surface area (Å²) in [5.41, 5.74) is 3.06. The second-order valence-electron chi connectivity index (χ2n) is 7.12. The van der Waals surface area contributed by atoms with Crippen molar-refractivity contribution >= 4 is 71.3 Å². The summed E-state index contributed by atoms with van der Waals surface area (Å²) in [5.74, 6) is 0.704. The Labute approximate surface area is 199 Å². The van der Waals surface area contributed by atoms with E-state index in [9.17, 15) is 8.42 Å². The number of nitrogens with zero attached hydrogens (tertiary/aromatic N) is 2. The zero-order chi connectivity index (χ0) is 23.0. The lowest BCUT2D eigenvalue weighted by molar-refractivity contribution is 0.415. The number of methoxy groups -OCH3 is 1. The minimum absolute atomic E-state index is 0.140. The second-order valence-corrected chi connectivity index (χ2v) is 10.1. The van der Waals surface area contributed by atoms with Gasteiger partial charge in [0, 0.05) is 33.1 Å². The van der Waals surface area contributed by atoms with Crippen molar-refractivity contribution in [1.82, 2.24) is 9.97 Å². The van der Waals surface area contributed by atoms with Gasteiger partial charge < -0.3 is 10.1 Å². The van der Waals surface area contributed by atoms with Gasteiger partial charge in [-0.1, -0.05) is 11.6 Å². The largest absolute Gasteiger partial charge is 0.497 e. The van der Waals surface area contributed by atoms with E-state index in [-0.39, 0.29) is 4.90 Å². The van der Waals surface area contributed by atoms with Crippen LogP contribution < -0.4 is 14.8 Å². The van der Waals surface area contributed by atoms with Crippen LogP contribution in [0.25, 0.3) is 21.8 Å². The van der Waals surface area contributed by atoms with E-state index in [0.29, 0.717) is 15.9 Å². The molecule has 2 aromatic heterocycles. The van der Waals surface area contributed by atoms with Crippen molar-refractivity contribution < 1.29 is 13.2 Å². The summed E-state index contributed by atoms with van der Waals surface area (Å²) in [5, 5.41) is 7.78. The minimum Gasteiger partial charge on any atom is -0.497 e. The van der Waals surface area contributed by atoms with Gasteiger partial charge in [-0.25, -0.2) is 18.4 Å². The van der Waals surface area contributed by atoms with Crippen LogP contribution in [0.2, 0.25) is 5.02 Å². The first kappa shape index (κ1) is 21.4. The van der Waals surface area contributed by atoms with Crippen LogP contribution in [-0.4, -0.2) is 25.5 Å². The molecule has 0 fully saturated rings. The van der Waals surface area contributed by atoms with Gasteiger partial charge in [0.25, 0.3) is 10.0 Å². The van der Waals surface area contributed by atoms with Gasteiger partial charge in [0.05, 0.1) is 28.7 Å². The monoisotopic (exact) mass is 496 g/mol. The van der Waals surface area contributed by atoms with Gasteiger partial charge in [-0.2, -0.15) is 0 Å². The third-order valence-corrected chi connectivity index (χ3v) is 7.44. The van der Waals surface area contributed by atoms with Crippen LogP contribution in [0.4, 0.5) is 16.5 Å². The summed E-state index contributed by atoms with van der Waals surface area (Å²) in [7, 11) is -2.11. The maximum absolute atomic E-state index is 12.6. The van der Waals surface area contributed by atoms with Crippen LogP contribution in [0.5, 0.6) is 5.75 Å². The Balaban J connectivity index is 1.55. The van der Waals surface area contributed by atoms with Crippen LogP contribution in [0.1, 0.15) is 0 Å². The molecule has 0 saturated carbocycles. The van der Waals surface area contributed by atoms with E-state index in [1.54, 1.807) is 43.0 Å². The topological polar surface area (TPSA) is 93.2 Å². The number of nitrogens with one attached hydrogen (secondary N) is 2. The Morgan fingerprint density at radius 3 is 2.52 bits per heavy atom. The van der Waals surface area contributed by atoms with Gasteiger partial charge in [0.15, 0.2) is 5.13 Å². The lowest BCUT2D eigenvalue weighted by Gasteiger charge is -2.15. The first-order valence-electron chi connectivity index (χ1n) is 9.79. The number of fused-ring (bicyclic) bond motifs is 2. The number of ether oxygens (including phenoxy) is 1. The van der Waals surface area contributed by atoms with E-state index in [2.05, 4.69) is 15.0 Å². The fourth-order valence-electron chi connectivity index (χ4n) is 3.47. The predicted molar refractivity (Wildman–Crippen MR) is 133 cm³/mol. The van der Waals surface area contributed by atoms with Crippen molar-refractivity contribution in [3.05, 3.63) is 77.3 Å². The van der Waals surface area contributed by atoms with Gasteiger partial charge in [0.2, 0.25) is 0 Å². The highest BCUT2D eigenvalue weighted by Gasteiger charge is 2.16. The maximum atomic E-state index is 12.6. The number of halogens is 1. The molecule has 2 heterocycles. The normalized spacial score (nSPS) is 11.6. The molecule has 2 N–H and O–H groups in total. The van der Waals surface area contributed by atoms with Gasteiger partial charge in [-0.15, -0.1) is 11.3 Å². The molecule has 0 amide bonds. The fraction of sp³-hybridized carbons (Fsp3) is 0.0435. The molecule has 0 unspecified atom stereocenters. The molecule has 0 aliphatic rings. The van der Waals surface area contributed by atoms with Gasteiger partial charge in [-0.05, 0) is 60.7 Å². The summed E-state index contributed by atoms with van der Waals surface area (Å²) in [6, 6.07) is 17.7. The van der Waals surface area contributed by atoms with Crippen LogP contribution in [0, 0.1) is 0 Å². The average molecular weight is 497 g/mol. The van der Waals surface area contributed by atoms with E-state index in [1.165, 1.54) is 11.3 Å². The van der Waals surface area contributed by atoms with Crippen LogP contribution in [0.15, 0.2) is 77.1 Å². The molecule has 0 saturated heterocycles. The van der Waals surface area contributed by atoms with Crippen molar-refractivity contribution in [1.29, 1.82) is 0 Å². The van der Waals surface area contributed by atoms with E-state index >= 15 is 0 Å². The summed E-state index contributed by atoms with van der Waals surface area (Å²) < 4.78 is 33.1. The molecule has 7 nitrogen and oxygen atoms in total. The third kappa shape index (κ3) is 4.30. The molecule has 3 aromatic carbocycles. The van der Waals surface area contributed by atoms with Crippen LogP contribution >= 0.6 is 22.9 Å². The number of thiazole rings is 1. The number of hydrogen-bond acceptors (Lipinski definition) is 7. The average Bonchev–Trinajstić information content (AvgIpc) is 3.31. The quantitative estimate of drug-likeness (QED) is 0.278. The molecule has 0 atom stereocenters. The molecule has 5 aromatic rings. The zero-order valence-corrected chi connectivity index (χ0v) is 19.6. The number of rotatable bonds is 6. The molecular formula is C23H17ClN4O3S2. The van der Waals surface area contributed by atoms with E-state index < -0.39 is 10.0 Å². The number of pyridine rings is 1. The second kappa shape index (κ2) is 8.51.